The van der Waals surface area contributed by atoms with Gasteiger partial charge < -0.3 is 14.6 Å². The number of esters is 2. The fraction of sp³-hybridized carbons (Fsp3) is 0.867. The number of hydrogen-bond acceptors (Lipinski definition) is 5. The topological polar surface area (TPSA) is 72.8 Å². The van der Waals surface area contributed by atoms with Gasteiger partial charge in [0.15, 0.2) is 0 Å². The minimum Gasteiger partial charge on any atom is -0.424 e. The van der Waals surface area contributed by atoms with Crippen molar-refractivity contribution in [3.8, 4) is 0 Å². The summed E-state index contributed by atoms with van der Waals surface area (Å²) in [4.78, 5) is 24.1. The number of aliphatic hydroxyl groups is 1. The number of hydrogen-bond donors (Lipinski definition) is 1. The molecule has 0 bridgehead atoms. The van der Waals surface area contributed by atoms with Crippen molar-refractivity contribution in [1.82, 2.24) is 0 Å². The monoisotopic (exact) mass is 280 g/mol. The van der Waals surface area contributed by atoms with Crippen molar-refractivity contribution in [3.05, 3.63) is 0 Å². The number of carbonyl (C=O) groups is 2. The second-order valence-corrected chi connectivity index (χ2v) is 7.60. The van der Waals surface area contributed by atoms with Crippen molar-refractivity contribution < 1.29 is 24.2 Å². The van der Waals surface area contributed by atoms with Gasteiger partial charge in [0.1, 0.15) is 0 Å². The molecule has 4 rings (SSSR count). The SMILES string of the molecule is C[C@]1(CO)C[C@]2(C)CC(=O)O[C@H]3OC(=O)[C@@H]4CC[C@@H]1[C@]342. The molecule has 2 saturated heterocycles. The van der Waals surface area contributed by atoms with Crippen LogP contribution in [0, 0.1) is 28.1 Å². The molecular weight excluding hydrogens is 260 g/mol. The number of aliphatic hydroxyl groups excluding tert-OH is 1. The maximum atomic E-state index is 12.2. The molecule has 0 radical (unpaired) electrons. The highest BCUT2D eigenvalue weighted by Crippen LogP contribution is 2.77. The van der Waals surface area contributed by atoms with Gasteiger partial charge in [-0.05, 0) is 36.0 Å². The van der Waals surface area contributed by atoms with Crippen LogP contribution in [0.1, 0.15) is 39.5 Å². The molecule has 0 aromatic rings. The minimum atomic E-state index is -0.743. The van der Waals surface area contributed by atoms with Gasteiger partial charge in [-0.1, -0.05) is 13.8 Å². The zero-order valence-electron chi connectivity index (χ0n) is 11.8. The third-order valence-electron chi connectivity index (χ3n) is 6.61. The van der Waals surface area contributed by atoms with Crippen molar-refractivity contribution >= 4 is 11.9 Å². The standard InChI is InChI=1S/C15H20O5/c1-13(7-16)6-14(2)5-10(17)19-12-15(14)8(11(18)20-12)3-4-9(13)15/h8-9,12,16H,3-7H2,1-2H3/t8-,9-,12-,13+,14-,15-/m0/s1. The summed E-state index contributed by atoms with van der Waals surface area (Å²) in [5, 5.41) is 9.90. The van der Waals surface area contributed by atoms with Crippen LogP contribution < -0.4 is 0 Å². The van der Waals surface area contributed by atoms with E-state index in [4.69, 9.17) is 9.47 Å². The van der Waals surface area contributed by atoms with Crippen molar-refractivity contribution in [2.24, 2.45) is 28.1 Å². The summed E-state index contributed by atoms with van der Waals surface area (Å²) in [6, 6.07) is 0. The Kier molecular flexibility index (Phi) is 2.13. The molecule has 20 heavy (non-hydrogen) atoms. The number of carbonyl (C=O) groups excluding carboxylic acids is 2. The molecule has 4 fully saturated rings. The summed E-state index contributed by atoms with van der Waals surface area (Å²) >= 11 is 0. The van der Waals surface area contributed by atoms with E-state index in [1.165, 1.54) is 0 Å². The molecule has 2 aliphatic carbocycles. The average molecular weight is 280 g/mol. The summed E-state index contributed by atoms with van der Waals surface area (Å²) in [6.07, 6.45) is 2.01. The first-order valence-corrected chi connectivity index (χ1v) is 7.38. The molecule has 0 aromatic carbocycles. The summed E-state index contributed by atoms with van der Waals surface area (Å²) < 4.78 is 10.8. The lowest BCUT2D eigenvalue weighted by Crippen LogP contribution is -2.54. The molecule has 2 heterocycles. The first-order chi connectivity index (χ1) is 9.37. The fourth-order valence-electron chi connectivity index (χ4n) is 6.18. The molecule has 5 nitrogen and oxygen atoms in total. The van der Waals surface area contributed by atoms with E-state index in [-0.39, 0.29) is 41.2 Å². The molecule has 2 saturated carbocycles. The van der Waals surface area contributed by atoms with Crippen molar-refractivity contribution in [3.63, 3.8) is 0 Å². The molecule has 1 spiro atoms. The van der Waals surface area contributed by atoms with Gasteiger partial charge in [-0.25, -0.2) is 0 Å². The fourth-order valence-corrected chi connectivity index (χ4v) is 6.18. The van der Waals surface area contributed by atoms with Crippen LogP contribution in [0.25, 0.3) is 0 Å². The van der Waals surface area contributed by atoms with E-state index in [0.717, 1.165) is 19.3 Å². The lowest BCUT2D eigenvalue weighted by Gasteiger charge is -2.48. The minimum absolute atomic E-state index is 0.0802. The molecule has 0 unspecified atom stereocenters. The van der Waals surface area contributed by atoms with E-state index in [0.29, 0.717) is 6.42 Å². The quantitative estimate of drug-likeness (QED) is 0.732. The van der Waals surface area contributed by atoms with Crippen LogP contribution in [-0.4, -0.2) is 29.9 Å². The van der Waals surface area contributed by atoms with Crippen LogP contribution in [0.5, 0.6) is 0 Å². The molecule has 2 aliphatic heterocycles. The average Bonchev–Trinajstić information content (AvgIpc) is 2.92. The Balaban J connectivity index is 1.94. The summed E-state index contributed by atoms with van der Waals surface area (Å²) in [6.45, 7) is 4.23. The molecule has 0 amide bonds. The highest BCUT2D eigenvalue weighted by Gasteiger charge is 2.81. The predicted octanol–water partition coefficient (Wildman–Crippen LogP) is 1.24. The molecule has 110 valence electrons. The number of ether oxygens (including phenoxy) is 2. The van der Waals surface area contributed by atoms with Crippen LogP contribution >= 0.6 is 0 Å². The molecule has 4 aliphatic rings. The largest absolute Gasteiger partial charge is 0.424 e. The highest BCUT2D eigenvalue weighted by atomic mass is 16.7. The van der Waals surface area contributed by atoms with Crippen molar-refractivity contribution in [2.45, 2.75) is 45.8 Å². The maximum absolute atomic E-state index is 12.2. The predicted molar refractivity (Wildman–Crippen MR) is 67.2 cm³/mol. The van der Waals surface area contributed by atoms with E-state index < -0.39 is 11.7 Å². The van der Waals surface area contributed by atoms with E-state index in [1.807, 2.05) is 0 Å². The van der Waals surface area contributed by atoms with E-state index in [1.54, 1.807) is 0 Å². The lowest BCUT2D eigenvalue weighted by atomic mass is 9.57. The Bertz CT molecular complexity index is 514. The zero-order valence-corrected chi connectivity index (χ0v) is 11.8. The van der Waals surface area contributed by atoms with Crippen LogP contribution in [-0.2, 0) is 19.1 Å². The van der Waals surface area contributed by atoms with Gasteiger partial charge in [0, 0.05) is 6.61 Å². The Hall–Kier alpha value is -1.10. The van der Waals surface area contributed by atoms with Gasteiger partial charge in [0.25, 0.3) is 6.29 Å². The Morgan fingerprint density at radius 3 is 2.70 bits per heavy atom. The molecular formula is C15H20O5. The Morgan fingerprint density at radius 2 is 2.00 bits per heavy atom. The Labute approximate surface area is 117 Å². The highest BCUT2D eigenvalue weighted by molar-refractivity contribution is 5.80. The van der Waals surface area contributed by atoms with Gasteiger partial charge in [-0.2, -0.15) is 0 Å². The van der Waals surface area contributed by atoms with Crippen LogP contribution in [0.3, 0.4) is 0 Å². The third kappa shape index (κ3) is 1.08. The van der Waals surface area contributed by atoms with Gasteiger partial charge >= 0.3 is 11.9 Å². The molecule has 1 N–H and O–H groups in total. The van der Waals surface area contributed by atoms with Gasteiger partial charge in [0.05, 0.1) is 17.8 Å². The third-order valence-corrected chi connectivity index (χ3v) is 6.61. The summed E-state index contributed by atoms with van der Waals surface area (Å²) in [5.74, 6) is -0.506. The summed E-state index contributed by atoms with van der Waals surface area (Å²) in [5.41, 5.74) is -0.998. The van der Waals surface area contributed by atoms with E-state index in [9.17, 15) is 14.7 Å². The van der Waals surface area contributed by atoms with Gasteiger partial charge in [0.2, 0.25) is 0 Å². The van der Waals surface area contributed by atoms with Gasteiger partial charge in [-0.3, -0.25) is 9.59 Å². The first-order valence-electron chi connectivity index (χ1n) is 7.38. The van der Waals surface area contributed by atoms with Crippen molar-refractivity contribution in [2.75, 3.05) is 6.61 Å². The van der Waals surface area contributed by atoms with Crippen LogP contribution in [0.2, 0.25) is 0 Å². The lowest BCUT2D eigenvalue weighted by molar-refractivity contribution is -0.229. The van der Waals surface area contributed by atoms with Gasteiger partial charge in [-0.15, -0.1) is 0 Å². The number of rotatable bonds is 1. The normalized spacial score (nSPS) is 56.2. The zero-order chi connectivity index (χ0) is 14.3. The second kappa shape index (κ2) is 3.38. The maximum Gasteiger partial charge on any atom is 0.312 e. The van der Waals surface area contributed by atoms with E-state index in [2.05, 4.69) is 13.8 Å². The smallest absolute Gasteiger partial charge is 0.312 e. The molecule has 0 aromatic heterocycles. The van der Waals surface area contributed by atoms with Crippen LogP contribution in [0.15, 0.2) is 0 Å². The van der Waals surface area contributed by atoms with E-state index >= 15 is 0 Å². The molecule has 6 atom stereocenters. The summed E-state index contributed by atoms with van der Waals surface area (Å²) in [7, 11) is 0. The van der Waals surface area contributed by atoms with Crippen molar-refractivity contribution in [1.29, 1.82) is 0 Å². The first kappa shape index (κ1) is 12.6. The molecule has 5 heteroatoms. The Morgan fingerprint density at radius 1 is 1.25 bits per heavy atom. The second-order valence-electron chi connectivity index (χ2n) is 7.60. The van der Waals surface area contributed by atoms with Crippen LogP contribution in [0.4, 0.5) is 0 Å².